The number of nitrogens with zero attached hydrogens (tertiary/aromatic N) is 3. The predicted molar refractivity (Wildman–Crippen MR) is 112 cm³/mol. The molecule has 0 atom stereocenters. The molecule has 2 aromatic carbocycles. The van der Waals surface area contributed by atoms with E-state index in [1.807, 2.05) is 0 Å². The number of benzene rings is 2. The number of hydrogen-bond acceptors (Lipinski definition) is 6. The number of aromatic nitrogens is 2. The van der Waals surface area contributed by atoms with Crippen molar-refractivity contribution in [2.24, 2.45) is 0 Å². The summed E-state index contributed by atoms with van der Waals surface area (Å²) in [6.45, 7) is -0.593. The van der Waals surface area contributed by atoms with Gasteiger partial charge in [-0.25, -0.2) is 17.6 Å². The zero-order chi connectivity index (χ0) is 25.1. The van der Waals surface area contributed by atoms with Crippen LogP contribution in [0.25, 0.3) is 0 Å². The maximum atomic E-state index is 13.9. The summed E-state index contributed by atoms with van der Waals surface area (Å²) < 4.78 is 66.1. The van der Waals surface area contributed by atoms with Crippen LogP contribution >= 0.6 is 0 Å². The fourth-order valence-corrected chi connectivity index (χ4v) is 3.01. The molecular weight excluding hydrogens is 476 g/mol. The molecule has 4 aromatic rings. The first-order valence-electron chi connectivity index (χ1n) is 9.83. The van der Waals surface area contributed by atoms with Crippen LogP contribution in [0.15, 0.2) is 59.3 Å². The number of carbonyl (C=O) groups excluding carboxylic acids is 1. The van der Waals surface area contributed by atoms with E-state index in [-0.39, 0.29) is 29.8 Å². The van der Waals surface area contributed by atoms with E-state index in [1.54, 1.807) is 0 Å². The number of nitrogens with one attached hydrogen (secondary N) is 1. The van der Waals surface area contributed by atoms with Crippen LogP contribution in [0.1, 0.15) is 21.9 Å². The molecule has 1 amide bonds. The monoisotopic (exact) mass is 490 g/mol. The summed E-state index contributed by atoms with van der Waals surface area (Å²) >= 11 is 0. The van der Waals surface area contributed by atoms with Gasteiger partial charge in [0.05, 0.1) is 23.4 Å². The minimum Gasteiger partial charge on any atom is -0.486 e. The molecule has 0 saturated heterocycles. The van der Waals surface area contributed by atoms with Crippen LogP contribution in [-0.4, -0.2) is 20.6 Å². The number of furan rings is 1. The molecule has 13 heteroatoms. The van der Waals surface area contributed by atoms with Crippen LogP contribution in [0.4, 0.5) is 28.9 Å². The van der Waals surface area contributed by atoms with Gasteiger partial charge >= 0.3 is 0 Å². The number of nitro benzene ring substituents is 1. The Hall–Kier alpha value is -4.68. The molecule has 0 unspecified atom stereocenters. The van der Waals surface area contributed by atoms with Gasteiger partial charge < -0.3 is 14.5 Å². The third-order valence-electron chi connectivity index (χ3n) is 4.73. The smallest absolute Gasteiger partial charge is 0.291 e. The lowest BCUT2D eigenvalue weighted by Gasteiger charge is -2.07. The summed E-state index contributed by atoms with van der Waals surface area (Å²) in [5.41, 5.74) is -0.662. The van der Waals surface area contributed by atoms with Gasteiger partial charge in [0.15, 0.2) is 23.2 Å². The van der Waals surface area contributed by atoms with Gasteiger partial charge in [0.25, 0.3) is 11.6 Å². The van der Waals surface area contributed by atoms with Crippen molar-refractivity contribution in [1.29, 1.82) is 0 Å². The highest BCUT2D eigenvalue weighted by Gasteiger charge is 2.20. The fraction of sp³-hybridized carbons (Fsp3) is 0.0909. The minimum atomic E-state index is -1.80. The van der Waals surface area contributed by atoms with Crippen LogP contribution in [0.2, 0.25) is 0 Å². The van der Waals surface area contributed by atoms with E-state index in [4.69, 9.17) is 9.15 Å². The van der Waals surface area contributed by atoms with Crippen LogP contribution in [-0.2, 0) is 13.2 Å². The highest BCUT2D eigenvalue weighted by Crippen LogP contribution is 2.22. The summed E-state index contributed by atoms with van der Waals surface area (Å²) in [6.07, 6.45) is 2.43. The number of ether oxygens (including phenoxy) is 1. The van der Waals surface area contributed by atoms with Crippen molar-refractivity contribution in [3.05, 3.63) is 105 Å². The van der Waals surface area contributed by atoms with Crippen molar-refractivity contribution in [2.75, 3.05) is 5.32 Å². The highest BCUT2D eigenvalue weighted by molar-refractivity contribution is 6.02. The van der Waals surface area contributed by atoms with Gasteiger partial charge in [-0.3, -0.25) is 19.6 Å². The molecular formula is C22H14F4N4O5. The van der Waals surface area contributed by atoms with Gasteiger partial charge in [-0.2, -0.15) is 5.10 Å². The van der Waals surface area contributed by atoms with E-state index < -0.39 is 46.2 Å². The Kier molecular flexibility index (Phi) is 6.48. The number of hydrogen-bond donors (Lipinski definition) is 1. The van der Waals surface area contributed by atoms with E-state index in [2.05, 4.69) is 10.4 Å². The molecule has 0 radical (unpaired) electrons. The molecule has 4 rings (SSSR count). The molecule has 1 N–H and O–H groups in total. The lowest BCUT2D eigenvalue weighted by molar-refractivity contribution is -0.384. The normalized spacial score (nSPS) is 10.9. The predicted octanol–water partition coefficient (Wildman–Crippen LogP) is 4.82. The van der Waals surface area contributed by atoms with Gasteiger partial charge in [0.2, 0.25) is 0 Å². The molecule has 0 aliphatic heterocycles. The summed E-state index contributed by atoms with van der Waals surface area (Å²) in [4.78, 5) is 22.5. The van der Waals surface area contributed by atoms with Crippen molar-refractivity contribution in [3.63, 3.8) is 0 Å². The Morgan fingerprint density at radius 2 is 1.83 bits per heavy atom. The number of halogens is 4. The molecule has 2 aromatic heterocycles. The second-order valence-corrected chi connectivity index (χ2v) is 7.13. The van der Waals surface area contributed by atoms with E-state index in [0.29, 0.717) is 11.5 Å². The van der Waals surface area contributed by atoms with Crippen molar-refractivity contribution in [3.8, 4) is 5.75 Å². The van der Waals surface area contributed by atoms with E-state index in [0.717, 1.165) is 4.68 Å². The number of non-ortho nitro benzene ring substituents is 1. The number of rotatable bonds is 8. The molecule has 0 aliphatic carbocycles. The maximum absolute atomic E-state index is 13.9. The van der Waals surface area contributed by atoms with Gasteiger partial charge in [0, 0.05) is 30.0 Å². The minimum absolute atomic E-state index is 0.0472. The Morgan fingerprint density at radius 1 is 1.09 bits per heavy atom. The quantitative estimate of drug-likeness (QED) is 0.125. The first kappa shape index (κ1) is 23.5. The molecule has 0 aliphatic rings. The highest BCUT2D eigenvalue weighted by atomic mass is 19.2. The first-order valence-corrected chi connectivity index (χ1v) is 9.83. The molecule has 9 nitrogen and oxygen atoms in total. The largest absolute Gasteiger partial charge is 0.486 e. The Morgan fingerprint density at radius 3 is 2.54 bits per heavy atom. The third kappa shape index (κ3) is 5.29. The van der Waals surface area contributed by atoms with Crippen molar-refractivity contribution >= 4 is 17.3 Å². The van der Waals surface area contributed by atoms with Crippen LogP contribution in [0, 0.1) is 33.4 Å². The second kappa shape index (κ2) is 9.67. The van der Waals surface area contributed by atoms with Crippen molar-refractivity contribution in [1.82, 2.24) is 9.78 Å². The van der Waals surface area contributed by atoms with Gasteiger partial charge in [0.1, 0.15) is 23.9 Å². The Balaban J connectivity index is 1.35. The molecule has 2 heterocycles. The Bertz CT molecular complexity index is 1400. The third-order valence-corrected chi connectivity index (χ3v) is 4.73. The topological polar surface area (TPSA) is 112 Å². The van der Waals surface area contributed by atoms with Crippen LogP contribution in [0.5, 0.6) is 5.75 Å². The summed E-state index contributed by atoms with van der Waals surface area (Å²) in [5, 5.41) is 17.0. The molecule has 180 valence electrons. The lowest BCUT2D eigenvalue weighted by atomic mass is 10.2. The first-order chi connectivity index (χ1) is 16.7. The summed E-state index contributed by atoms with van der Waals surface area (Å²) in [6, 6.07) is 8.53. The zero-order valence-corrected chi connectivity index (χ0v) is 17.5. The van der Waals surface area contributed by atoms with Gasteiger partial charge in [-0.05, 0) is 24.3 Å². The zero-order valence-electron chi connectivity index (χ0n) is 17.5. The van der Waals surface area contributed by atoms with Crippen molar-refractivity contribution < 1.29 is 36.4 Å². The van der Waals surface area contributed by atoms with Crippen molar-refractivity contribution in [2.45, 2.75) is 13.2 Å². The average Bonchev–Trinajstić information content (AvgIpc) is 3.49. The van der Waals surface area contributed by atoms with E-state index in [9.17, 15) is 32.5 Å². The molecule has 0 saturated carbocycles. The molecule has 0 fully saturated rings. The van der Waals surface area contributed by atoms with E-state index in [1.165, 1.54) is 48.8 Å². The number of amides is 1. The van der Waals surface area contributed by atoms with E-state index >= 15 is 0 Å². The number of carbonyl (C=O) groups is 1. The maximum Gasteiger partial charge on any atom is 0.291 e. The lowest BCUT2D eigenvalue weighted by Crippen LogP contribution is -2.11. The summed E-state index contributed by atoms with van der Waals surface area (Å²) in [5.74, 6) is -6.45. The number of nitro groups is 1. The summed E-state index contributed by atoms with van der Waals surface area (Å²) in [7, 11) is 0. The molecule has 0 bridgehead atoms. The van der Waals surface area contributed by atoms with Crippen LogP contribution < -0.4 is 10.1 Å². The fourth-order valence-electron chi connectivity index (χ4n) is 3.01. The Labute approximate surface area is 193 Å². The molecule has 0 spiro atoms. The van der Waals surface area contributed by atoms with Gasteiger partial charge in [-0.15, -0.1) is 0 Å². The number of anilines is 1. The molecule has 35 heavy (non-hydrogen) atoms. The van der Waals surface area contributed by atoms with Crippen LogP contribution in [0.3, 0.4) is 0 Å². The SMILES string of the molecule is O=C(Nc1cnn(Cc2c(F)cc(F)c(F)c2F)c1)c1ccc(COc2ccc([N+](=O)[O-])cc2)o1. The van der Waals surface area contributed by atoms with Gasteiger partial charge in [-0.1, -0.05) is 0 Å². The average molecular weight is 490 g/mol. The second-order valence-electron chi connectivity index (χ2n) is 7.13. The standard InChI is InChI=1S/C22H14F4N4O5/c23-17-7-18(24)21(26)20(25)16(17)10-29-9-12(8-27-29)28-22(31)19-6-5-15(35-19)11-34-14-3-1-13(2-4-14)30(32)33/h1-9H,10-11H2,(H,28,31).